The van der Waals surface area contributed by atoms with Crippen molar-refractivity contribution in [2.24, 2.45) is 17.8 Å². The van der Waals surface area contributed by atoms with E-state index in [1.807, 2.05) is 19.0 Å². The summed E-state index contributed by atoms with van der Waals surface area (Å²) in [7, 11) is 3.77. The highest BCUT2D eigenvalue weighted by Gasteiger charge is 2.53. The summed E-state index contributed by atoms with van der Waals surface area (Å²) in [6.07, 6.45) is -1.52. The highest BCUT2D eigenvalue weighted by molar-refractivity contribution is 5.44. The summed E-state index contributed by atoms with van der Waals surface area (Å²) >= 11 is 0. The molecule has 140 valence electrons. The van der Waals surface area contributed by atoms with Crippen LogP contribution in [0.1, 0.15) is 31.2 Å². The quantitative estimate of drug-likeness (QED) is 0.864. The summed E-state index contributed by atoms with van der Waals surface area (Å²) in [4.78, 5) is 1.95. The van der Waals surface area contributed by atoms with Crippen molar-refractivity contribution >= 4 is 0 Å². The van der Waals surface area contributed by atoms with E-state index >= 15 is 0 Å². The molecule has 2 N–H and O–H groups in total. The zero-order chi connectivity index (χ0) is 18.4. The largest absolute Gasteiger partial charge is 0.573 e. The van der Waals surface area contributed by atoms with Crippen molar-refractivity contribution in [2.75, 3.05) is 20.6 Å². The molecule has 3 rings (SSSR count). The van der Waals surface area contributed by atoms with Crippen LogP contribution in [0, 0.1) is 17.8 Å². The molecule has 0 aromatic heterocycles. The first-order valence-electron chi connectivity index (χ1n) is 8.55. The second kappa shape index (κ2) is 6.36. The Morgan fingerprint density at radius 3 is 2.64 bits per heavy atom. The molecule has 1 aromatic carbocycles. The standard InChI is InChI=1S/C18H24F3NO3/c1-22(2)10-15-12-4-3-11(7-12)9-17(15,24)14-8-13(23)5-6-16(14)25-18(19,20)21/h5-6,8,11-12,15,23-24H,3-4,7,9-10H2,1-2H3. The SMILES string of the molecule is CN(C)CC1C2CCC(C2)CC1(O)c1cc(O)ccc1OC(F)(F)F. The van der Waals surface area contributed by atoms with Gasteiger partial charge in [0.2, 0.25) is 0 Å². The van der Waals surface area contributed by atoms with E-state index < -0.39 is 17.7 Å². The Morgan fingerprint density at radius 1 is 1.28 bits per heavy atom. The number of rotatable bonds is 4. The fourth-order valence-electron chi connectivity index (χ4n) is 4.72. The highest BCUT2D eigenvalue weighted by atomic mass is 19.4. The maximum absolute atomic E-state index is 12.8. The summed E-state index contributed by atoms with van der Waals surface area (Å²) < 4.78 is 42.6. The molecule has 7 heteroatoms. The van der Waals surface area contributed by atoms with Gasteiger partial charge in [-0.25, -0.2) is 0 Å². The zero-order valence-corrected chi connectivity index (χ0v) is 14.4. The molecule has 2 aliphatic rings. The lowest BCUT2D eigenvalue weighted by Gasteiger charge is -2.46. The molecule has 4 unspecified atom stereocenters. The molecule has 1 aromatic rings. The minimum absolute atomic E-state index is 0.0354. The van der Waals surface area contributed by atoms with E-state index in [9.17, 15) is 23.4 Å². The van der Waals surface area contributed by atoms with Crippen LogP contribution in [0.15, 0.2) is 18.2 Å². The van der Waals surface area contributed by atoms with Crippen LogP contribution >= 0.6 is 0 Å². The zero-order valence-electron chi connectivity index (χ0n) is 14.4. The number of alkyl halides is 3. The van der Waals surface area contributed by atoms with Gasteiger partial charge in [-0.15, -0.1) is 13.2 Å². The van der Waals surface area contributed by atoms with Gasteiger partial charge in [0.1, 0.15) is 11.5 Å². The van der Waals surface area contributed by atoms with Gasteiger partial charge < -0.3 is 19.8 Å². The number of benzene rings is 1. The summed E-state index contributed by atoms with van der Waals surface area (Å²) in [5, 5.41) is 21.4. The molecule has 4 nitrogen and oxygen atoms in total. The van der Waals surface area contributed by atoms with Crippen molar-refractivity contribution < 1.29 is 28.1 Å². The molecular weight excluding hydrogens is 335 g/mol. The van der Waals surface area contributed by atoms with Crippen molar-refractivity contribution in [1.82, 2.24) is 4.90 Å². The van der Waals surface area contributed by atoms with Gasteiger partial charge in [0.15, 0.2) is 0 Å². The number of ether oxygens (including phenoxy) is 1. The van der Waals surface area contributed by atoms with Gasteiger partial charge in [0.05, 0.1) is 5.60 Å². The molecule has 0 amide bonds. The molecule has 0 aliphatic heterocycles. The monoisotopic (exact) mass is 359 g/mol. The first kappa shape index (κ1) is 18.3. The van der Waals surface area contributed by atoms with Gasteiger partial charge in [-0.1, -0.05) is 6.42 Å². The molecule has 2 fully saturated rings. The van der Waals surface area contributed by atoms with E-state index in [-0.39, 0.29) is 29.1 Å². The fourth-order valence-corrected chi connectivity index (χ4v) is 4.72. The van der Waals surface area contributed by atoms with Crippen molar-refractivity contribution in [2.45, 2.75) is 37.6 Å². The van der Waals surface area contributed by atoms with Crippen LogP contribution in [0.4, 0.5) is 13.2 Å². The van der Waals surface area contributed by atoms with Crippen LogP contribution in [-0.4, -0.2) is 42.1 Å². The topological polar surface area (TPSA) is 52.9 Å². The van der Waals surface area contributed by atoms with E-state index in [4.69, 9.17) is 0 Å². The van der Waals surface area contributed by atoms with E-state index in [2.05, 4.69) is 4.74 Å². The average Bonchev–Trinajstić information content (AvgIpc) is 2.87. The van der Waals surface area contributed by atoms with Crippen LogP contribution in [0.5, 0.6) is 11.5 Å². The number of halogens is 3. The third-order valence-electron chi connectivity index (χ3n) is 5.58. The van der Waals surface area contributed by atoms with Crippen molar-refractivity contribution in [3.05, 3.63) is 23.8 Å². The van der Waals surface area contributed by atoms with E-state index in [1.54, 1.807) is 0 Å². The Morgan fingerprint density at radius 2 is 2.00 bits per heavy atom. The number of aromatic hydroxyl groups is 1. The van der Waals surface area contributed by atoms with E-state index in [1.165, 1.54) is 6.07 Å². The first-order chi connectivity index (χ1) is 11.6. The normalized spacial score (nSPS) is 32.2. The molecule has 4 atom stereocenters. The Balaban J connectivity index is 2.06. The Kier molecular flexibility index (Phi) is 4.66. The molecule has 2 bridgehead atoms. The maximum atomic E-state index is 12.8. The second-order valence-corrected chi connectivity index (χ2v) is 7.66. The van der Waals surface area contributed by atoms with Gasteiger partial charge in [-0.05, 0) is 63.4 Å². The summed E-state index contributed by atoms with van der Waals surface area (Å²) in [6, 6.07) is 3.44. The van der Waals surface area contributed by atoms with E-state index in [0.29, 0.717) is 13.0 Å². The van der Waals surface area contributed by atoms with Crippen LogP contribution in [0.2, 0.25) is 0 Å². The number of nitrogens with zero attached hydrogens (tertiary/aromatic N) is 1. The van der Waals surface area contributed by atoms with Crippen molar-refractivity contribution in [1.29, 1.82) is 0 Å². The Labute approximate surface area is 145 Å². The van der Waals surface area contributed by atoms with Crippen LogP contribution in [-0.2, 0) is 5.60 Å². The Hall–Kier alpha value is -1.47. The molecule has 2 aliphatic carbocycles. The lowest BCUT2D eigenvalue weighted by atomic mass is 9.65. The number of aliphatic hydroxyl groups is 1. The third-order valence-corrected chi connectivity index (χ3v) is 5.58. The van der Waals surface area contributed by atoms with Gasteiger partial charge in [0, 0.05) is 18.0 Å². The molecule has 0 heterocycles. The lowest BCUT2D eigenvalue weighted by Crippen LogP contribution is -2.47. The first-order valence-corrected chi connectivity index (χ1v) is 8.55. The van der Waals surface area contributed by atoms with Gasteiger partial charge in [0.25, 0.3) is 0 Å². The number of phenolic OH excluding ortho intramolecular Hbond substituents is 1. The molecule has 0 radical (unpaired) electrons. The summed E-state index contributed by atoms with van der Waals surface area (Å²) in [6.45, 7) is 0.564. The number of phenols is 1. The second-order valence-electron chi connectivity index (χ2n) is 7.66. The van der Waals surface area contributed by atoms with Crippen LogP contribution in [0.25, 0.3) is 0 Å². The van der Waals surface area contributed by atoms with Gasteiger partial charge in [-0.3, -0.25) is 0 Å². The van der Waals surface area contributed by atoms with E-state index in [0.717, 1.165) is 31.4 Å². The molecular formula is C18H24F3NO3. The molecule has 0 saturated heterocycles. The van der Waals surface area contributed by atoms with Crippen LogP contribution < -0.4 is 4.74 Å². The molecule has 0 spiro atoms. The summed E-state index contributed by atoms with van der Waals surface area (Å²) in [5.74, 6) is -0.280. The minimum atomic E-state index is -4.85. The predicted molar refractivity (Wildman–Crippen MR) is 86.2 cm³/mol. The maximum Gasteiger partial charge on any atom is 0.573 e. The third kappa shape index (κ3) is 3.72. The predicted octanol–water partition coefficient (Wildman–Crippen LogP) is 3.48. The summed E-state index contributed by atoms with van der Waals surface area (Å²) in [5.41, 5.74) is -1.42. The van der Waals surface area contributed by atoms with Crippen molar-refractivity contribution in [3.8, 4) is 11.5 Å². The smallest absolute Gasteiger partial charge is 0.508 e. The number of hydrogen-bond acceptors (Lipinski definition) is 4. The Bertz CT molecular complexity index is 634. The van der Waals surface area contributed by atoms with Gasteiger partial charge in [-0.2, -0.15) is 0 Å². The fraction of sp³-hybridized carbons (Fsp3) is 0.667. The molecule has 2 saturated carbocycles. The lowest BCUT2D eigenvalue weighted by molar-refractivity contribution is -0.275. The number of fused-ring (bicyclic) bond motifs is 2. The highest BCUT2D eigenvalue weighted by Crippen LogP contribution is 2.56. The minimum Gasteiger partial charge on any atom is -0.508 e. The van der Waals surface area contributed by atoms with Gasteiger partial charge >= 0.3 is 6.36 Å². The average molecular weight is 359 g/mol. The molecule has 25 heavy (non-hydrogen) atoms. The van der Waals surface area contributed by atoms with Crippen LogP contribution in [0.3, 0.4) is 0 Å². The number of hydrogen-bond donors (Lipinski definition) is 2. The van der Waals surface area contributed by atoms with Crippen molar-refractivity contribution in [3.63, 3.8) is 0 Å².